The van der Waals surface area contributed by atoms with E-state index in [4.69, 9.17) is 14.7 Å². The van der Waals surface area contributed by atoms with Gasteiger partial charge in [-0.05, 0) is 45.7 Å². The number of anilines is 2. The van der Waals surface area contributed by atoms with Crippen LogP contribution in [0.1, 0.15) is 33.6 Å². The first-order valence-electron chi connectivity index (χ1n) is 9.44. The van der Waals surface area contributed by atoms with Crippen LogP contribution >= 0.6 is 0 Å². The van der Waals surface area contributed by atoms with Crippen molar-refractivity contribution in [2.45, 2.75) is 45.3 Å². The lowest BCUT2D eigenvalue weighted by atomic mass is 10.0. The summed E-state index contributed by atoms with van der Waals surface area (Å²) < 4.78 is 5.49. The quantitative estimate of drug-likeness (QED) is 0.890. The number of amides is 1. The van der Waals surface area contributed by atoms with E-state index in [1.165, 1.54) is 0 Å². The first-order valence-corrected chi connectivity index (χ1v) is 9.44. The standard InChI is InChI=1S/C20H29N5O2/c1-20(2,3)27-19(26)24(5)14-10-12-25(13-11-14)18-17(21-4)22-15-8-6-7-9-16(15)23-18/h6-9,14H,10-13H2,1-5H3,(H,21,22). The van der Waals surface area contributed by atoms with Crippen molar-refractivity contribution in [3.63, 3.8) is 0 Å². The Balaban J connectivity index is 1.70. The van der Waals surface area contributed by atoms with Gasteiger partial charge in [-0.1, -0.05) is 12.1 Å². The average molecular weight is 371 g/mol. The molecule has 1 aromatic heterocycles. The average Bonchev–Trinajstić information content (AvgIpc) is 2.65. The number of benzene rings is 1. The molecule has 1 saturated heterocycles. The maximum atomic E-state index is 12.3. The SMILES string of the molecule is CNc1nc2ccccc2nc1N1CCC(N(C)C(=O)OC(C)(C)C)CC1. The summed E-state index contributed by atoms with van der Waals surface area (Å²) >= 11 is 0. The number of hydrogen-bond acceptors (Lipinski definition) is 6. The minimum atomic E-state index is -0.478. The van der Waals surface area contributed by atoms with Gasteiger partial charge in [0.15, 0.2) is 11.6 Å². The largest absolute Gasteiger partial charge is 0.444 e. The number of nitrogens with one attached hydrogen (secondary N) is 1. The zero-order valence-corrected chi connectivity index (χ0v) is 16.8. The number of carbonyl (C=O) groups is 1. The van der Waals surface area contributed by atoms with Gasteiger partial charge in [0.2, 0.25) is 0 Å². The van der Waals surface area contributed by atoms with Gasteiger partial charge in [-0.3, -0.25) is 0 Å². The molecule has 0 bridgehead atoms. The highest BCUT2D eigenvalue weighted by atomic mass is 16.6. The van der Waals surface area contributed by atoms with Crippen molar-refractivity contribution >= 4 is 28.8 Å². The van der Waals surface area contributed by atoms with Gasteiger partial charge in [0.05, 0.1) is 11.0 Å². The zero-order chi connectivity index (χ0) is 19.6. The molecule has 7 nitrogen and oxygen atoms in total. The van der Waals surface area contributed by atoms with E-state index < -0.39 is 5.60 Å². The Morgan fingerprint density at radius 3 is 2.33 bits per heavy atom. The van der Waals surface area contributed by atoms with Crippen LogP contribution in [0.25, 0.3) is 11.0 Å². The number of carbonyl (C=O) groups excluding carboxylic acids is 1. The molecule has 2 aromatic rings. The summed E-state index contributed by atoms with van der Waals surface area (Å²) in [5, 5.41) is 3.16. The maximum absolute atomic E-state index is 12.3. The van der Waals surface area contributed by atoms with Gasteiger partial charge in [0.25, 0.3) is 0 Å². The fraction of sp³-hybridized carbons (Fsp3) is 0.550. The predicted octanol–water partition coefficient (Wildman–Crippen LogP) is 3.51. The van der Waals surface area contributed by atoms with Crippen LogP contribution < -0.4 is 10.2 Å². The number of para-hydroxylation sites is 2. The molecule has 1 aliphatic heterocycles. The minimum absolute atomic E-state index is 0.169. The van der Waals surface area contributed by atoms with E-state index >= 15 is 0 Å². The number of ether oxygens (including phenoxy) is 1. The molecular formula is C20H29N5O2. The fourth-order valence-corrected chi connectivity index (χ4v) is 3.33. The molecule has 7 heteroatoms. The van der Waals surface area contributed by atoms with Gasteiger partial charge in [-0.25, -0.2) is 14.8 Å². The molecule has 1 N–H and O–H groups in total. The lowest BCUT2D eigenvalue weighted by molar-refractivity contribution is 0.0201. The number of rotatable bonds is 3. The summed E-state index contributed by atoms with van der Waals surface area (Å²) in [6, 6.07) is 8.06. The van der Waals surface area contributed by atoms with Crippen LogP contribution in [0.5, 0.6) is 0 Å². The molecule has 1 amide bonds. The molecule has 27 heavy (non-hydrogen) atoms. The van der Waals surface area contributed by atoms with E-state index in [-0.39, 0.29) is 12.1 Å². The van der Waals surface area contributed by atoms with Gasteiger partial charge >= 0.3 is 6.09 Å². The van der Waals surface area contributed by atoms with E-state index in [2.05, 4.69) is 10.2 Å². The van der Waals surface area contributed by atoms with Crippen LogP contribution in [0.3, 0.4) is 0 Å². The summed E-state index contributed by atoms with van der Waals surface area (Å²) in [7, 11) is 3.69. The van der Waals surface area contributed by atoms with E-state index in [1.807, 2.05) is 59.1 Å². The van der Waals surface area contributed by atoms with Crippen molar-refractivity contribution < 1.29 is 9.53 Å². The number of piperidine rings is 1. The highest BCUT2D eigenvalue weighted by molar-refractivity contribution is 5.80. The van der Waals surface area contributed by atoms with Crippen LogP contribution in [0, 0.1) is 0 Å². The van der Waals surface area contributed by atoms with E-state index in [0.717, 1.165) is 48.6 Å². The molecule has 3 rings (SSSR count). The van der Waals surface area contributed by atoms with Gasteiger partial charge in [0.1, 0.15) is 5.60 Å². The Bertz CT molecular complexity index is 810. The molecule has 0 atom stereocenters. The third-order valence-corrected chi connectivity index (χ3v) is 4.78. The Hall–Kier alpha value is -2.57. The van der Waals surface area contributed by atoms with Crippen LogP contribution in [0.2, 0.25) is 0 Å². The third kappa shape index (κ3) is 4.40. The second-order valence-corrected chi connectivity index (χ2v) is 7.94. The van der Waals surface area contributed by atoms with Crippen molar-refractivity contribution in [1.29, 1.82) is 0 Å². The number of hydrogen-bond donors (Lipinski definition) is 1. The molecule has 0 aliphatic carbocycles. The van der Waals surface area contributed by atoms with Gasteiger partial charge in [-0.15, -0.1) is 0 Å². The molecule has 1 aliphatic rings. The Morgan fingerprint density at radius 2 is 1.78 bits per heavy atom. The first-order chi connectivity index (χ1) is 12.8. The molecule has 146 valence electrons. The lowest BCUT2D eigenvalue weighted by Gasteiger charge is -2.38. The first kappa shape index (κ1) is 19.2. The van der Waals surface area contributed by atoms with Gasteiger partial charge in [-0.2, -0.15) is 0 Å². The van der Waals surface area contributed by atoms with Crippen LogP contribution in [0.4, 0.5) is 16.4 Å². The van der Waals surface area contributed by atoms with Crippen molar-refractivity contribution in [3.8, 4) is 0 Å². The number of aromatic nitrogens is 2. The summed E-state index contributed by atoms with van der Waals surface area (Å²) in [5.41, 5.74) is 1.29. The smallest absolute Gasteiger partial charge is 0.410 e. The molecule has 0 saturated carbocycles. The Labute approximate surface area is 160 Å². The fourth-order valence-electron chi connectivity index (χ4n) is 3.33. The van der Waals surface area contributed by atoms with Crippen molar-refractivity contribution in [2.24, 2.45) is 0 Å². The molecule has 0 radical (unpaired) electrons. The summed E-state index contributed by atoms with van der Waals surface area (Å²) in [5.74, 6) is 1.65. The highest BCUT2D eigenvalue weighted by Gasteiger charge is 2.29. The summed E-state index contributed by atoms with van der Waals surface area (Å²) in [4.78, 5) is 25.8. The summed E-state index contributed by atoms with van der Waals surface area (Å²) in [6.07, 6.45) is 1.48. The van der Waals surface area contributed by atoms with Crippen LogP contribution in [-0.2, 0) is 4.74 Å². The Morgan fingerprint density at radius 1 is 1.19 bits per heavy atom. The second-order valence-electron chi connectivity index (χ2n) is 7.94. The van der Waals surface area contributed by atoms with Crippen molar-refractivity contribution in [1.82, 2.24) is 14.9 Å². The van der Waals surface area contributed by atoms with Crippen LogP contribution in [-0.4, -0.2) is 59.8 Å². The molecule has 1 fully saturated rings. The van der Waals surface area contributed by atoms with E-state index in [0.29, 0.717) is 0 Å². The van der Waals surface area contributed by atoms with Gasteiger partial charge in [0, 0.05) is 33.2 Å². The van der Waals surface area contributed by atoms with E-state index in [9.17, 15) is 4.79 Å². The normalized spacial score (nSPS) is 15.7. The minimum Gasteiger partial charge on any atom is -0.444 e. The monoisotopic (exact) mass is 371 g/mol. The van der Waals surface area contributed by atoms with Gasteiger partial charge < -0.3 is 19.9 Å². The lowest BCUT2D eigenvalue weighted by Crippen LogP contribution is -2.47. The second kappa shape index (κ2) is 7.58. The maximum Gasteiger partial charge on any atom is 0.410 e. The topological polar surface area (TPSA) is 70.6 Å². The molecule has 0 spiro atoms. The highest BCUT2D eigenvalue weighted by Crippen LogP contribution is 2.28. The number of fused-ring (bicyclic) bond motifs is 1. The van der Waals surface area contributed by atoms with Crippen molar-refractivity contribution in [3.05, 3.63) is 24.3 Å². The predicted molar refractivity (Wildman–Crippen MR) is 108 cm³/mol. The molecule has 0 unspecified atom stereocenters. The molecule has 2 heterocycles. The third-order valence-electron chi connectivity index (χ3n) is 4.78. The van der Waals surface area contributed by atoms with E-state index in [1.54, 1.807) is 4.90 Å². The Kier molecular flexibility index (Phi) is 5.39. The molecule has 1 aromatic carbocycles. The zero-order valence-electron chi connectivity index (χ0n) is 16.8. The van der Waals surface area contributed by atoms with Crippen LogP contribution in [0.15, 0.2) is 24.3 Å². The molecular weight excluding hydrogens is 342 g/mol. The van der Waals surface area contributed by atoms with Crippen molar-refractivity contribution in [2.75, 3.05) is 37.4 Å². The number of nitrogens with zero attached hydrogens (tertiary/aromatic N) is 4. The summed E-state index contributed by atoms with van der Waals surface area (Å²) in [6.45, 7) is 7.30.